The van der Waals surface area contributed by atoms with Crippen LogP contribution in [0.3, 0.4) is 0 Å². The normalized spacial score (nSPS) is 10.2. The van der Waals surface area contributed by atoms with E-state index in [1.807, 2.05) is 13.1 Å². The molecule has 0 fully saturated rings. The lowest BCUT2D eigenvalue weighted by atomic mass is 10.4. The predicted molar refractivity (Wildman–Crippen MR) is 57.0 cm³/mol. The summed E-state index contributed by atoms with van der Waals surface area (Å²) < 4.78 is 1.66. The van der Waals surface area contributed by atoms with Crippen molar-refractivity contribution in [3.8, 4) is 0 Å². The SMILES string of the molecule is Cn1cc(N)c(NCc2ccncn2)n1. The maximum atomic E-state index is 5.73. The summed E-state index contributed by atoms with van der Waals surface area (Å²) in [5, 5.41) is 7.27. The minimum absolute atomic E-state index is 0.587. The number of aryl methyl sites for hydroxylation is 1. The van der Waals surface area contributed by atoms with Gasteiger partial charge in [0.2, 0.25) is 0 Å². The fourth-order valence-electron chi connectivity index (χ4n) is 1.24. The zero-order valence-corrected chi connectivity index (χ0v) is 8.38. The van der Waals surface area contributed by atoms with E-state index >= 15 is 0 Å². The third-order valence-electron chi connectivity index (χ3n) is 1.94. The quantitative estimate of drug-likeness (QED) is 0.756. The molecule has 0 aromatic carbocycles. The third kappa shape index (κ3) is 2.22. The summed E-state index contributed by atoms with van der Waals surface area (Å²) in [5.41, 5.74) is 7.26. The van der Waals surface area contributed by atoms with Crippen LogP contribution in [0.1, 0.15) is 5.69 Å². The van der Waals surface area contributed by atoms with Crippen LogP contribution < -0.4 is 11.1 Å². The minimum atomic E-state index is 0.587. The molecule has 2 heterocycles. The van der Waals surface area contributed by atoms with Gasteiger partial charge < -0.3 is 11.1 Å². The molecule has 6 nitrogen and oxygen atoms in total. The van der Waals surface area contributed by atoms with Gasteiger partial charge >= 0.3 is 0 Å². The molecule has 0 aliphatic rings. The van der Waals surface area contributed by atoms with Crippen molar-refractivity contribution < 1.29 is 0 Å². The number of nitrogens with two attached hydrogens (primary N) is 1. The molecule has 0 amide bonds. The Hall–Kier alpha value is -2.11. The molecular formula is C9H12N6. The lowest BCUT2D eigenvalue weighted by Gasteiger charge is -2.02. The summed E-state index contributed by atoms with van der Waals surface area (Å²) in [6.07, 6.45) is 4.97. The van der Waals surface area contributed by atoms with Crippen molar-refractivity contribution in [2.24, 2.45) is 7.05 Å². The predicted octanol–water partition coefficient (Wildman–Crippen LogP) is 0.404. The van der Waals surface area contributed by atoms with Crippen LogP contribution in [0.4, 0.5) is 11.5 Å². The van der Waals surface area contributed by atoms with Crippen LogP contribution >= 0.6 is 0 Å². The molecule has 3 N–H and O–H groups in total. The topological polar surface area (TPSA) is 81.6 Å². The summed E-state index contributed by atoms with van der Waals surface area (Å²) in [5.74, 6) is 0.677. The van der Waals surface area contributed by atoms with Gasteiger partial charge in [0.15, 0.2) is 5.82 Å². The summed E-state index contributed by atoms with van der Waals surface area (Å²) in [4.78, 5) is 7.92. The van der Waals surface area contributed by atoms with Gasteiger partial charge in [-0.05, 0) is 6.07 Å². The second-order valence-corrected chi connectivity index (χ2v) is 3.16. The number of hydrogen-bond donors (Lipinski definition) is 2. The van der Waals surface area contributed by atoms with Crippen LogP contribution in [0, 0.1) is 0 Å². The van der Waals surface area contributed by atoms with Gasteiger partial charge in [-0.2, -0.15) is 5.10 Å². The second kappa shape index (κ2) is 3.95. The number of nitrogen functional groups attached to an aromatic ring is 1. The van der Waals surface area contributed by atoms with Crippen LogP contribution in [0.5, 0.6) is 0 Å². The lowest BCUT2D eigenvalue weighted by molar-refractivity contribution is 0.768. The molecule has 2 aromatic rings. The first-order chi connectivity index (χ1) is 7.25. The molecule has 2 rings (SSSR count). The Kier molecular flexibility index (Phi) is 2.49. The van der Waals surface area contributed by atoms with E-state index in [1.165, 1.54) is 6.33 Å². The van der Waals surface area contributed by atoms with Gasteiger partial charge in [0.05, 0.1) is 17.9 Å². The zero-order chi connectivity index (χ0) is 10.7. The van der Waals surface area contributed by atoms with E-state index in [-0.39, 0.29) is 0 Å². The number of rotatable bonds is 3. The van der Waals surface area contributed by atoms with E-state index in [1.54, 1.807) is 17.1 Å². The second-order valence-electron chi connectivity index (χ2n) is 3.16. The monoisotopic (exact) mass is 204 g/mol. The van der Waals surface area contributed by atoms with Crippen LogP contribution in [-0.4, -0.2) is 19.7 Å². The summed E-state index contributed by atoms with van der Waals surface area (Å²) in [6, 6.07) is 1.84. The van der Waals surface area contributed by atoms with Crippen LogP contribution in [0.25, 0.3) is 0 Å². The Morgan fingerprint density at radius 2 is 2.40 bits per heavy atom. The van der Waals surface area contributed by atoms with E-state index in [0.717, 1.165) is 5.69 Å². The molecule has 0 radical (unpaired) electrons. The highest BCUT2D eigenvalue weighted by atomic mass is 15.3. The summed E-state index contributed by atoms with van der Waals surface area (Å²) >= 11 is 0. The molecule has 0 spiro atoms. The highest BCUT2D eigenvalue weighted by Gasteiger charge is 2.03. The van der Waals surface area contributed by atoms with E-state index < -0.39 is 0 Å². The van der Waals surface area contributed by atoms with E-state index in [0.29, 0.717) is 18.1 Å². The maximum absolute atomic E-state index is 5.73. The third-order valence-corrected chi connectivity index (χ3v) is 1.94. The van der Waals surface area contributed by atoms with Gasteiger partial charge in [0, 0.05) is 19.4 Å². The van der Waals surface area contributed by atoms with Crippen molar-refractivity contribution in [2.75, 3.05) is 11.1 Å². The van der Waals surface area contributed by atoms with Crippen molar-refractivity contribution in [2.45, 2.75) is 6.54 Å². The number of hydrogen-bond acceptors (Lipinski definition) is 5. The van der Waals surface area contributed by atoms with Crippen LogP contribution in [0.15, 0.2) is 24.8 Å². The van der Waals surface area contributed by atoms with Crippen molar-refractivity contribution >= 4 is 11.5 Å². The van der Waals surface area contributed by atoms with Gasteiger partial charge in [-0.3, -0.25) is 4.68 Å². The average molecular weight is 204 g/mol. The first kappa shape index (κ1) is 9.45. The van der Waals surface area contributed by atoms with Crippen molar-refractivity contribution in [1.82, 2.24) is 19.7 Å². The van der Waals surface area contributed by atoms with E-state index in [2.05, 4.69) is 20.4 Å². The van der Waals surface area contributed by atoms with Crippen LogP contribution in [-0.2, 0) is 13.6 Å². The molecule has 78 valence electrons. The number of anilines is 2. The average Bonchev–Trinajstić information content (AvgIpc) is 2.56. The molecule has 0 unspecified atom stereocenters. The Morgan fingerprint density at radius 3 is 3.00 bits per heavy atom. The Morgan fingerprint density at radius 1 is 1.53 bits per heavy atom. The van der Waals surface area contributed by atoms with Gasteiger partial charge in [0.25, 0.3) is 0 Å². The fraction of sp³-hybridized carbons (Fsp3) is 0.222. The molecule has 0 saturated carbocycles. The first-order valence-corrected chi connectivity index (χ1v) is 4.53. The van der Waals surface area contributed by atoms with Gasteiger partial charge in [-0.1, -0.05) is 0 Å². The Bertz CT molecular complexity index is 435. The molecule has 0 saturated heterocycles. The fourth-order valence-corrected chi connectivity index (χ4v) is 1.24. The smallest absolute Gasteiger partial charge is 0.171 e. The molecule has 15 heavy (non-hydrogen) atoms. The molecule has 0 aliphatic carbocycles. The van der Waals surface area contributed by atoms with Crippen molar-refractivity contribution in [3.63, 3.8) is 0 Å². The van der Waals surface area contributed by atoms with Gasteiger partial charge in [-0.15, -0.1) is 0 Å². The van der Waals surface area contributed by atoms with Crippen LogP contribution in [0.2, 0.25) is 0 Å². The zero-order valence-electron chi connectivity index (χ0n) is 8.38. The lowest BCUT2D eigenvalue weighted by Crippen LogP contribution is -2.04. The molecule has 6 heteroatoms. The Labute approximate surface area is 87.2 Å². The highest BCUT2D eigenvalue weighted by molar-refractivity contribution is 5.59. The van der Waals surface area contributed by atoms with Gasteiger partial charge in [0.1, 0.15) is 6.33 Å². The number of aromatic nitrogens is 4. The summed E-state index contributed by atoms with van der Waals surface area (Å²) in [6.45, 7) is 0.587. The standard InChI is InChI=1S/C9H12N6/c1-15-5-8(10)9(14-15)12-4-7-2-3-11-6-13-7/h2-3,5-6H,4,10H2,1H3,(H,12,14). The number of nitrogens with zero attached hydrogens (tertiary/aromatic N) is 4. The van der Waals surface area contributed by atoms with Crippen molar-refractivity contribution in [1.29, 1.82) is 0 Å². The maximum Gasteiger partial charge on any atom is 0.171 e. The Balaban J connectivity index is 2.02. The minimum Gasteiger partial charge on any atom is -0.394 e. The molecule has 0 bridgehead atoms. The molecule has 2 aromatic heterocycles. The van der Waals surface area contributed by atoms with Crippen molar-refractivity contribution in [3.05, 3.63) is 30.5 Å². The van der Waals surface area contributed by atoms with E-state index in [4.69, 9.17) is 5.73 Å². The van der Waals surface area contributed by atoms with E-state index in [9.17, 15) is 0 Å². The molecule has 0 aliphatic heterocycles. The largest absolute Gasteiger partial charge is 0.394 e. The summed E-state index contributed by atoms with van der Waals surface area (Å²) in [7, 11) is 1.83. The van der Waals surface area contributed by atoms with Gasteiger partial charge in [-0.25, -0.2) is 9.97 Å². The molecule has 0 atom stereocenters. The first-order valence-electron chi connectivity index (χ1n) is 4.53. The number of nitrogens with one attached hydrogen (secondary N) is 1. The highest BCUT2D eigenvalue weighted by Crippen LogP contribution is 2.14. The molecular weight excluding hydrogens is 192 g/mol.